The van der Waals surface area contributed by atoms with E-state index in [1.807, 2.05) is 0 Å². The molecule has 0 aromatic rings. The molecule has 6 nitrogen and oxygen atoms in total. The van der Waals surface area contributed by atoms with Crippen LogP contribution in [0, 0.1) is 0 Å². The Morgan fingerprint density at radius 3 is 0.759 bits per heavy atom. The first kappa shape index (κ1) is 77.5. The van der Waals surface area contributed by atoms with E-state index >= 15 is 0 Å². The van der Waals surface area contributed by atoms with Gasteiger partial charge in [-0.2, -0.15) is 0 Å². The quantitative estimate of drug-likeness (QED) is 0.0261. The van der Waals surface area contributed by atoms with Crippen molar-refractivity contribution in [2.45, 2.75) is 271 Å². The molecular weight excluding hydrogens is 1020 g/mol. The number of esters is 3. The molecule has 0 heterocycles. The summed E-state index contributed by atoms with van der Waals surface area (Å²) < 4.78 is 16.9. The van der Waals surface area contributed by atoms with E-state index in [9.17, 15) is 14.4 Å². The Hall–Kier alpha value is -5.49. The second kappa shape index (κ2) is 69.0. The fourth-order valence-corrected chi connectivity index (χ4v) is 8.46. The molecule has 0 aromatic heterocycles. The van der Waals surface area contributed by atoms with Gasteiger partial charge in [0.25, 0.3) is 0 Å². The van der Waals surface area contributed by atoms with E-state index in [-0.39, 0.29) is 37.5 Å². The van der Waals surface area contributed by atoms with E-state index < -0.39 is 6.10 Å². The van der Waals surface area contributed by atoms with Crippen molar-refractivity contribution < 1.29 is 28.6 Å². The number of rotatable bonds is 58. The van der Waals surface area contributed by atoms with Crippen LogP contribution in [0.1, 0.15) is 265 Å². The monoisotopic (exact) mass is 1140 g/mol. The van der Waals surface area contributed by atoms with E-state index in [1.165, 1.54) is 51.4 Å². The van der Waals surface area contributed by atoms with Gasteiger partial charge in [-0.1, -0.05) is 267 Å². The molecule has 464 valence electrons. The molecule has 0 saturated carbocycles. The molecule has 0 aliphatic carbocycles. The number of carbonyl (C=O) groups is 3. The largest absolute Gasteiger partial charge is 0.462 e. The Morgan fingerprint density at radius 1 is 0.253 bits per heavy atom. The van der Waals surface area contributed by atoms with Crippen molar-refractivity contribution in [2.24, 2.45) is 0 Å². The van der Waals surface area contributed by atoms with Crippen molar-refractivity contribution in [3.05, 3.63) is 182 Å². The molecule has 0 amide bonds. The van der Waals surface area contributed by atoms with Crippen LogP contribution in [0.15, 0.2) is 182 Å². The van der Waals surface area contributed by atoms with Gasteiger partial charge >= 0.3 is 17.9 Å². The highest BCUT2D eigenvalue weighted by atomic mass is 16.6. The van der Waals surface area contributed by atoms with E-state index in [0.717, 1.165) is 167 Å². The number of hydrogen-bond donors (Lipinski definition) is 0. The van der Waals surface area contributed by atoms with Crippen LogP contribution in [-0.4, -0.2) is 37.2 Å². The molecule has 0 aliphatic heterocycles. The minimum atomic E-state index is -0.826. The first-order valence-electron chi connectivity index (χ1n) is 33.3. The smallest absolute Gasteiger partial charge is 0.306 e. The van der Waals surface area contributed by atoms with Gasteiger partial charge in [0.05, 0.1) is 0 Å². The fourth-order valence-electron chi connectivity index (χ4n) is 8.46. The lowest BCUT2D eigenvalue weighted by Crippen LogP contribution is -2.30. The highest BCUT2D eigenvalue weighted by Gasteiger charge is 2.19. The average Bonchev–Trinajstić information content (AvgIpc) is 3.49. The predicted molar refractivity (Wildman–Crippen MR) is 361 cm³/mol. The van der Waals surface area contributed by atoms with Gasteiger partial charge in [0.15, 0.2) is 6.10 Å². The third kappa shape index (κ3) is 67.2. The first-order chi connectivity index (χ1) is 41.0. The number of carbonyl (C=O) groups excluding carboxylic acids is 3. The number of hydrogen-bond acceptors (Lipinski definition) is 6. The molecule has 0 radical (unpaired) electrons. The molecule has 0 spiro atoms. The van der Waals surface area contributed by atoms with Crippen molar-refractivity contribution in [3.8, 4) is 0 Å². The molecule has 0 aromatic carbocycles. The van der Waals surface area contributed by atoms with Gasteiger partial charge in [-0.15, -0.1) is 0 Å². The summed E-state index contributed by atoms with van der Waals surface area (Å²) in [4.78, 5) is 38.4. The third-order valence-corrected chi connectivity index (χ3v) is 13.4. The van der Waals surface area contributed by atoms with Gasteiger partial charge < -0.3 is 14.2 Å². The van der Waals surface area contributed by atoms with E-state index in [4.69, 9.17) is 14.2 Å². The normalized spacial score (nSPS) is 13.3. The molecule has 1 unspecified atom stereocenters. The zero-order valence-corrected chi connectivity index (χ0v) is 53.1. The minimum Gasteiger partial charge on any atom is -0.462 e. The van der Waals surface area contributed by atoms with Crippen molar-refractivity contribution in [1.29, 1.82) is 0 Å². The number of allylic oxidation sites excluding steroid dienone is 30. The maximum atomic E-state index is 12.9. The molecule has 0 saturated heterocycles. The van der Waals surface area contributed by atoms with Crippen molar-refractivity contribution in [2.75, 3.05) is 13.2 Å². The third-order valence-electron chi connectivity index (χ3n) is 13.4. The zero-order chi connectivity index (χ0) is 59.9. The van der Waals surface area contributed by atoms with Crippen LogP contribution in [0.2, 0.25) is 0 Å². The molecule has 0 N–H and O–H groups in total. The molecule has 6 heteroatoms. The topological polar surface area (TPSA) is 78.9 Å². The minimum absolute atomic E-state index is 0.115. The molecular formula is C77H120O6. The summed E-state index contributed by atoms with van der Waals surface area (Å²) in [5, 5.41) is 0. The Labute approximate surface area is 510 Å². The Bertz CT molecular complexity index is 1940. The Balaban J connectivity index is 4.54. The summed E-state index contributed by atoms with van der Waals surface area (Å²) in [6.45, 7) is 6.32. The molecule has 0 aliphatic rings. The van der Waals surface area contributed by atoms with Gasteiger partial charge in [0.1, 0.15) is 13.2 Å². The summed E-state index contributed by atoms with van der Waals surface area (Å²) in [6, 6.07) is 0. The Morgan fingerprint density at radius 2 is 0.470 bits per heavy atom. The first-order valence-corrected chi connectivity index (χ1v) is 33.3. The second-order valence-corrected chi connectivity index (χ2v) is 21.3. The van der Waals surface area contributed by atoms with Crippen LogP contribution in [0.3, 0.4) is 0 Å². The molecule has 83 heavy (non-hydrogen) atoms. The Kier molecular flexibility index (Phi) is 64.4. The lowest BCUT2D eigenvalue weighted by Gasteiger charge is -2.18. The summed E-state index contributed by atoms with van der Waals surface area (Å²) in [7, 11) is 0. The number of unbranched alkanes of at least 4 members (excludes halogenated alkanes) is 17. The standard InChI is InChI=1S/C77H120O6/c1-4-7-10-13-16-19-22-25-28-31-33-35-36-37-38-39-40-42-43-46-49-52-55-58-61-64-67-70-76(79)82-73-74(72-81-75(78)69-66-63-60-57-54-51-48-45-30-27-24-21-18-15-12-9-6-3)83-77(80)71-68-65-62-59-56-53-50-47-44-41-34-32-29-26-23-20-17-14-11-8-5-2/h7-8,10-11,16-21,25-30,33-35,37-38,40-42,46-47,49-50,56,59,74H,4-6,9,12-15,22-24,31-32,36,39,43-45,48,51-55,57-58,60-73H2,1-3H3/b10-7-,11-8-,19-16-,20-17-,21-18-,28-25-,29-26-,30-27-,35-33-,38-37-,41-34-,42-40-,49-46-,50-47-,59-56-. The fraction of sp³-hybridized carbons (Fsp3) is 0.571. The van der Waals surface area contributed by atoms with Gasteiger partial charge in [0, 0.05) is 19.3 Å². The van der Waals surface area contributed by atoms with Crippen LogP contribution in [0.4, 0.5) is 0 Å². The summed E-state index contributed by atoms with van der Waals surface area (Å²) in [6.07, 6.45) is 103. The zero-order valence-electron chi connectivity index (χ0n) is 53.1. The van der Waals surface area contributed by atoms with Crippen molar-refractivity contribution in [1.82, 2.24) is 0 Å². The molecule has 0 fully saturated rings. The van der Waals surface area contributed by atoms with Gasteiger partial charge in [-0.05, 0) is 161 Å². The van der Waals surface area contributed by atoms with Crippen LogP contribution >= 0.6 is 0 Å². The lowest BCUT2D eigenvalue weighted by molar-refractivity contribution is -0.167. The van der Waals surface area contributed by atoms with Crippen molar-refractivity contribution in [3.63, 3.8) is 0 Å². The van der Waals surface area contributed by atoms with E-state index in [1.54, 1.807) is 0 Å². The van der Waals surface area contributed by atoms with Gasteiger partial charge in [0.2, 0.25) is 0 Å². The summed E-state index contributed by atoms with van der Waals surface area (Å²) in [5.41, 5.74) is 0. The van der Waals surface area contributed by atoms with Crippen LogP contribution < -0.4 is 0 Å². The van der Waals surface area contributed by atoms with E-state index in [2.05, 4.69) is 203 Å². The summed E-state index contributed by atoms with van der Waals surface area (Å²) in [5.74, 6) is -0.991. The SMILES string of the molecule is CC/C=C\C/C=C\C/C=C\C/C=C\C/C=C\C/C=C\C/C=C\CCCCCCCC(=O)OCC(COC(=O)CCCCCCCCC/C=C\C/C=C\CCCCC)OC(=O)CCCC/C=C\C/C=C\C/C=C\C/C=C\C/C=C\C/C=C\CC. The van der Waals surface area contributed by atoms with E-state index in [0.29, 0.717) is 19.3 Å². The second-order valence-electron chi connectivity index (χ2n) is 21.3. The van der Waals surface area contributed by atoms with Gasteiger partial charge in [-0.25, -0.2) is 0 Å². The highest BCUT2D eigenvalue weighted by Crippen LogP contribution is 2.14. The van der Waals surface area contributed by atoms with Crippen LogP contribution in [0.25, 0.3) is 0 Å². The lowest BCUT2D eigenvalue weighted by atomic mass is 10.1. The predicted octanol–water partition coefficient (Wildman–Crippen LogP) is 23.2. The maximum Gasteiger partial charge on any atom is 0.306 e. The number of ether oxygens (including phenoxy) is 3. The highest BCUT2D eigenvalue weighted by molar-refractivity contribution is 5.71. The van der Waals surface area contributed by atoms with Crippen LogP contribution in [-0.2, 0) is 28.6 Å². The van der Waals surface area contributed by atoms with Crippen LogP contribution in [0.5, 0.6) is 0 Å². The maximum absolute atomic E-state index is 12.9. The summed E-state index contributed by atoms with van der Waals surface area (Å²) >= 11 is 0. The van der Waals surface area contributed by atoms with Crippen molar-refractivity contribution >= 4 is 17.9 Å². The average molecular weight is 1140 g/mol. The van der Waals surface area contributed by atoms with Gasteiger partial charge in [-0.3, -0.25) is 14.4 Å². The molecule has 0 bridgehead atoms. The molecule has 0 rings (SSSR count). The molecule has 1 atom stereocenters.